The molecule has 0 saturated heterocycles. The quantitative estimate of drug-likeness (QED) is 0.315. The van der Waals surface area contributed by atoms with Gasteiger partial charge in [0.15, 0.2) is 0 Å². The second-order valence-electron chi connectivity index (χ2n) is 8.28. The maximum absolute atomic E-state index is 13.1. The molecule has 0 bridgehead atoms. The standard InChI is InChI=1S/C29H20O2/c30-28-23-13-5-3-11-21(23)27(22-12-4-6-14-24(22)29(28)31)25-15-7-9-19-17-16-18-8-1-2-10-20(18)26(19)25/h1-6,8,10-14,16-17H,7,9,15H2. The lowest BCUT2D eigenvalue weighted by Crippen LogP contribution is -2.14. The van der Waals surface area contributed by atoms with Gasteiger partial charge in [-0.3, -0.25) is 9.59 Å². The smallest absolute Gasteiger partial charge is 0.234 e. The molecule has 2 heteroatoms. The molecule has 31 heavy (non-hydrogen) atoms. The number of carbonyl (C=O) groups excluding carboxylic acids is 2. The third-order valence-electron chi connectivity index (χ3n) is 6.58. The van der Waals surface area contributed by atoms with E-state index in [0.717, 1.165) is 36.0 Å². The molecular formula is C29H20O2. The molecule has 148 valence electrons. The molecule has 0 atom stereocenters. The molecule has 0 amide bonds. The van der Waals surface area contributed by atoms with Crippen LogP contribution in [-0.4, -0.2) is 11.6 Å². The fraction of sp³-hybridized carbons (Fsp3) is 0.103. The molecule has 0 unspecified atom stereocenters. The van der Waals surface area contributed by atoms with Crippen molar-refractivity contribution in [1.82, 2.24) is 0 Å². The largest absolute Gasteiger partial charge is 0.285 e. The highest BCUT2D eigenvalue weighted by atomic mass is 16.2. The predicted octanol–water partition coefficient (Wildman–Crippen LogP) is 6.51. The van der Waals surface area contributed by atoms with Gasteiger partial charge < -0.3 is 0 Å². The zero-order valence-electron chi connectivity index (χ0n) is 17.0. The molecule has 0 saturated carbocycles. The summed E-state index contributed by atoms with van der Waals surface area (Å²) in [5, 5.41) is 2.45. The lowest BCUT2D eigenvalue weighted by Gasteiger charge is -2.25. The fourth-order valence-corrected chi connectivity index (χ4v) is 5.23. The number of hydrogen-bond acceptors (Lipinski definition) is 2. The van der Waals surface area contributed by atoms with Gasteiger partial charge in [-0.1, -0.05) is 84.9 Å². The van der Waals surface area contributed by atoms with Crippen LogP contribution in [0.25, 0.3) is 21.9 Å². The van der Waals surface area contributed by atoms with Crippen LogP contribution in [0.3, 0.4) is 0 Å². The highest BCUT2D eigenvalue weighted by molar-refractivity contribution is 6.51. The Bertz CT molecular complexity index is 1380. The highest BCUT2D eigenvalue weighted by Crippen LogP contribution is 2.45. The molecule has 0 fully saturated rings. The summed E-state index contributed by atoms with van der Waals surface area (Å²) in [7, 11) is 0. The summed E-state index contributed by atoms with van der Waals surface area (Å²) in [6.07, 6.45) is 3.01. The predicted molar refractivity (Wildman–Crippen MR) is 124 cm³/mol. The van der Waals surface area contributed by atoms with Crippen LogP contribution < -0.4 is 0 Å². The van der Waals surface area contributed by atoms with Gasteiger partial charge >= 0.3 is 0 Å². The van der Waals surface area contributed by atoms with Gasteiger partial charge in [0.25, 0.3) is 0 Å². The van der Waals surface area contributed by atoms with Crippen molar-refractivity contribution in [3.8, 4) is 0 Å². The Kier molecular flexibility index (Phi) is 4.00. The Hall–Kier alpha value is -3.78. The summed E-state index contributed by atoms with van der Waals surface area (Å²) < 4.78 is 0. The van der Waals surface area contributed by atoms with Gasteiger partial charge in [-0.25, -0.2) is 0 Å². The van der Waals surface area contributed by atoms with Crippen molar-refractivity contribution in [1.29, 1.82) is 0 Å². The summed E-state index contributed by atoms with van der Waals surface area (Å²) >= 11 is 0. The second-order valence-corrected chi connectivity index (χ2v) is 8.28. The van der Waals surface area contributed by atoms with E-state index < -0.39 is 11.6 Å². The maximum atomic E-state index is 13.1. The van der Waals surface area contributed by atoms with Gasteiger partial charge in [0, 0.05) is 11.1 Å². The van der Waals surface area contributed by atoms with E-state index >= 15 is 0 Å². The van der Waals surface area contributed by atoms with Gasteiger partial charge in [0.1, 0.15) is 0 Å². The number of rotatable bonds is 0. The molecule has 4 aromatic rings. The molecule has 0 N–H and O–H groups in total. The molecular weight excluding hydrogens is 380 g/mol. The summed E-state index contributed by atoms with van der Waals surface area (Å²) in [5.41, 5.74) is 7.60. The molecule has 2 aliphatic carbocycles. The summed E-state index contributed by atoms with van der Waals surface area (Å²) in [6.45, 7) is 0. The SMILES string of the molecule is O=C1C(=O)c2ccccc2C(=C2CCCc3ccc4ccccc4c32)c2ccccc21. The average Bonchev–Trinajstić information content (AvgIpc) is 2.92. The molecule has 0 heterocycles. The van der Waals surface area contributed by atoms with E-state index in [-0.39, 0.29) is 0 Å². The van der Waals surface area contributed by atoms with Crippen molar-refractivity contribution >= 4 is 33.5 Å². The van der Waals surface area contributed by atoms with Gasteiger partial charge in [-0.05, 0) is 63.4 Å². The number of benzene rings is 4. The Labute approximate surface area is 180 Å². The van der Waals surface area contributed by atoms with Gasteiger partial charge in [-0.2, -0.15) is 0 Å². The van der Waals surface area contributed by atoms with Crippen LogP contribution in [0, 0.1) is 0 Å². The van der Waals surface area contributed by atoms with Crippen molar-refractivity contribution in [2.75, 3.05) is 0 Å². The van der Waals surface area contributed by atoms with Crippen LogP contribution >= 0.6 is 0 Å². The molecule has 0 aliphatic heterocycles. The zero-order chi connectivity index (χ0) is 20.9. The summed E-state index contributed by atoms with van der Waals surface area (Å²) in [5.74, 6) is -0.847. The Morgan fingerprint density at radius 1 is 0.548 bits per heavy atom. The van der Waals surface area contributed by atoms with Crippen molar-refractivity contribution < 1.29 is 9.59 Å². The molecule has 0 radical (unpaired) electrons. The van der Waals surface area contributed by atoms with E-state index in [0.29, 0.717) is 11.1 Å². The normalized spacial score (nSPS) is 15.4. The first-order chi connectivity index (χ1) is 15.2. The van der Waals surface area contributed by atoms with Gasteiger partial charge in [0.2, 0.25) is 11.6 Å². The topological polar surface area (TPSA) is 34.1 Å². The minimum atomic E-state index is -0.424. The van der Waals surface area contributed by atoms with Crippen LogP contribution in [0.15, 0.2) is 84.9 Å². The number of Topliss-reactive ketones (excluding diaryl/α,β-unsaturated/α-hetero) is 2. The number of fused-ring (bicyclic) bond motifs is 5. The van der Waals surface area contributed by atoms with E-state index in [4.69, 9.17) is 0 Å². The minimum absolute atomic E-state index is 0.424. The molecule has 0 spiro atoms. The van der Waals surface area contributed by atoms with Crippen LogP contribution in [0.5, 0.6) is 0 Å². The second kappa shape index (κ2) is 6.88. The lowest BCUT2D eigenvalue weighted by atomic mass is 9.78. The Morgan fingerprint density at radius 2 is 1.13 bits per heavy atom. The van der Waals surface area contributed by atoms with E-state index in [1.165, 1.54) is 27.5 Å². The van der Waals surface area contributed by atoms with E-state index in [1.54, 1.807) is 12.1 Å². The Balaban J connectivity index is 1.81. The van der Waals surface area contributed by atoms with Crippen LogP contribution in [-0.2, 0) is 6.42 Å². The molecule has 2 nitrogen and oxygen atoms in total. The van der Waals surface area contributed by atoms with Crippen molar-refractivity contribution in [3.63, 3.8) is 0 Å². The number of hydrogen-bond donors (Lipinski definition) is 0. The van der Waals surface area contributed by atoms with E-state index in [9.17, 15) is 9.59 Å². The molecule has 2 aliphatic rings. The van der Waals surface area contributed by atoms with Crippen molar-refractivity contribution in [2.45, 2.75) is 19.3 Å². The van der Waals surface area contributed by atoms with Crippen LogP contribution in [0.1, 0.15) is 55.8 Å². The number of allylic oxidation sites excluding steroid dienone is 1. The zero-order valence-corrected chi connectivity index (χ0v) is 17.0. The number of carbonyl (C=O) groups is 2. The number of aryl methyl sites for hydroxylation is 1. The first kappa shape index (κ1) is 18.0. The van der Waals surface area contributed by atoms with Crippen LogP contribution in [0.4, 0.5) is 0 Å². The van der Waals surface area contributed by atoms with E-state index in [1.807, 2.05) is 36.4 Å². The summed E-state index contributed by atoms with van der Waals surface area (Å²) in [4.78, 5) is 26.2. The average molecular weight is 400 g/mol. The minimum Gasteiger partial charge on any atom is -0.285 e. The third-order valence-corrected chi connectivity index (χ3v) is 6.58. The first-order valence-electron chi connectivity index (χ1n) is 10.8. The lowest BCUT2D eigenvalue weighted by molar-refractivity contribution is 0.0817. The third kappa shape index (κ3) is 2.65. The van der Waals surface area contributed by atoms with Crippen LogP contribution in [0.2, 0.25) is 0 Å². The van der Waals surface area contributed by atoms with Crippen molar-refractivity contribution in [3.05, 3.63) is 118 Å². The van der Waals surface area contributed by atoms with E-state index in [2.05, 4.69) is 36.4 Å². The highest BCUT2D eigenvalue weighted by Gasteiger charge is 2.32. The molecule has 4 aromatic carbocycles. The Morgan fingerprint density at radius 3 is 1.81 bits per heavy atom. The maximum Gasteiger partial charge on any atom is 0.234 e. The number of ketones is 2. The first-order valence-corrected chi connectivity index (χ1v) is 10.8. The van der Waals surface area contributed by atoms with Gasteiger partial charge in [0.05, 0.1) is 0 Å². The fourth-order valence-electron chi connectivity index (χ4n) is 5.23. The summed E-state index contributed by atoms with van der Waals surface area (Å²) in [6, 6.07) is 28.1. The van der Waals surface area contributed by atoms with Gasteiger partial charge in [-0.15, -0.1) is 0 Å². The van der Waals surface area contributed by atoms with Crippen molar-refractivity contribution in [2.24, 2.45) is 0 Å². The molecule has 0 aromatic heterocycles. The monoisotopic (exact) mass is 400 g/mol. The molecule has 6 rings (SSSR count).